The zero-order valence-corrected chi connectivity index (χ0v) is 16.8. The Morgan fingerprint density at radius 3 is 2.52 bits per heavy atom. The molecule has 1 aliphatic heterocycles. The monoisotopic (exact) mass is 374 g/mol. The summed E-state index contributed by atoms with van der Waals surface area (Å²) in [7, 11) is 3.65. The first kappa shape index (κ1) is 20.0. The molecule has 1 aromatic rings. The van der Waals surface area contributed by atoms with E-state index in [0.717, 1.165) is 69.9 Å². The van der Waals surface area contributed by atoms with E-state index in [0.29, 0.717) is 6.10 Å². The number of guanidine groups is 1. The van der Waals surface area contributed by atoms with E-state index in [-0.39, 0.29) is 0 Å². The van der Waals surface area contributed by atoms with Crippen molar-refractivity contribution in [2.75, 3.05) is 53.5 Å². The Morgan fingerprint density at radius 2 is 1.89 bits per heavy atom. The van der Waals surface area contributed by atoms with Gasteiger partial charge in [0.05, 0.1) is 6.61 Å². The number of hydrogen-bond acceptors (Lipinski definition) is 4. The molecule has 0 spiro atoms. The second kappa shape index (κ2) is 10.5. The van der Waals surface area contributed by atoms with Crippen molar-refractivity contribution in [1.29, 1.82) is 0 Å². The first-order chi connectivity index (χ1) is 13.3. The smallest absolute Gasteiger partial charge is 0.193 e. The minimum atomic E-state index is 0.293. The van der Waals surface area contributed by atoms with Crippen LogP contribution in [0, 0.1) is 0 Å². The van der Waals surface area contributed by atoms with E-state index >= 15 is 0 Å². The number of methoxy groups -OCH3 is 1. The Hall–Kier alpha value is -1.79. The predicted octanol–water partition coefficient (Wildman–Crippen LogP) is 2.22. The summed E-state index contributed by atoms with van der Waals surface area (Å²) in [6, 6.07) is 10.9. The number of hydrogen-bond donors (Lipinski definition) is 1. The van der Waals surface area contributed by atoms with Crippen LogP contribution in [0.4, 0.5) is 0 Å². The van der Waals surface area contributed by atoms with Crippen molar-refractivity contribution < 1.29 is 9.47 Å². The van der Waals surface area contributed by atoms with Gasteiger partial charge in [-0.2, -0.15) is 0 Å². The molecule has 0 bridgehead atoms. The van der Waals surface area contributed by atoms with Gasteiger partial charge in [0.15, 0.2) is 5.96 Å². The Bertz CT molecular complexity index is 569. The van der Waals surface area contributed by atoms with Crippen molar-refractivity contribution in [3.8, 4) is 5.75 Å². The highest BCUT2D eigenvalue weighted by Gasteiger charge is 2.28. The minimum absolute atomic E-state index is 0.293. The fraction of sp³-hybridized carbons (Fsp3) is 0.667. The van der Waals surface area contributed by atoms with Crippen LogP contribution in [0.2, 0.25) is 0 Å². The van der Waals surface area contributed by atoms with E-state index in [1.54, 1.807) is 7.11 Å². The van der Waals surface area contributed by atoms with Crippen molar-refractivity contribution in [1.82, 2.24) is 15.1 Å². The van der Waals surface area contributed by atoms with Crippen molar-refractivity contribution in [3.63, 3.8) is 0 Å². The SMILES string of the molecule is CN=C(NCCN(CCOC)C1CC1)N1CCC(Oc2ccccc2)CC1. The molecule has 2 aliphatic rings. The lowest BCUT2D eigenvalue weighted by Crippen LogP contribution is -2.49. The van der Waals surface area contributed by atoms with Gasteiger partial charge in [-0.15, -0.1) is 0 Å². The molecule has 2 fully saturated rings. The fourth-order valence-electron chi connectivity index (χ4n) is 3.65. The lowest BCUT2D eigenvalue weighted by atomic mass is 10.1. The van der Waals surface area contributed by atoms with E-state index in [4.69, 9.17) is 9.47 Å². The van der Waals surface area contributed by atoms with Gasteiger partial charge in [-0.1, -0.05) is 18.2 Å². The van der Waals surface area contributed by atoms with E-state index in [9.17, 15) is 0 Å². The molecule has 1 saturated heterocycles. The summed E-state index contributed by atoms with van der Waals surface area (Å²) < 4.78 is 11.3. The second-order valence-electron chi connectivity index (χ2n) is 7.35. The quantitative estimate of drug-likeness (QED) is 0.531. The summed E-state index contributed by atoms with van der Waals surface area (Å²) in [5.74, 6) is 1.98. The van der Waals surface area contributed by atoms with Gasteiger partial charge in [-0.3, -0.25) is 9.89 Å². The molecule has 0 amide bonds. The first-order valence-electron chi connectivity index (χ1n) is 10.2. The number of para-hydroxylation sites is 1. The molecule has 0 atom stereocenters. The van der Waals surface area contributed by atoms with Crippen molar-refractivity contribution in [2.24, 2.45) is 4.99 Å². The van der Waals surface area contributed by atoms with Gasteiger partial charge in [-0.05, 0) is 25.0 Å². The highest BCUT2D eigenvalue weighted by Crippen LogP contribution is 2.26. The molecule has 0 unspecified atom stereocenters. The van der Waals surface area contributed by atoms with Gasteiger partial charge in [0.1, 0.15) is 11.9 Å². The Labute approximate surface area is 163 Å². The van der Waals surface area contributed by atoms with Gasteiger partial charge >= 0.3 is 0 Å². The standard InChI is InChI=1S/C21H34N4O2/c1-22-21(23-12-15-24(16-17-26-2)18-8-9-18)25-13-10-20(11-14-25)27-19-6-4-3-5-7-19/h3-7,18,20H,8-17H2,1-2H3,(H,22,23). The fourth-order valence-corrected chi connectivity index (χ4v) is 3.65. The Balaban J connectivity index is 1.38. The molecule has 27 heavy (non-hydrogen) atoms. The van der Waals surface area contributed by atoms with E-state index in [2.05, 4.69) is 20.1 Å². The van der Waals surface area contributed by atoms with Crippen LogP contribution >= 0.6 is 0 Å². The maximum Gasteiger partial charge on any atom is 0.193 e. The summed E-state index contributed by atoms with van der Waals surface area (Å²) in [4.78, 5) is 9.37. The third-order valence-corrected chi connectivity index (χ3v) is 5.33. The maximum atomic E-state index is 6.09. The number of likely N-dealkylation sites (tertiary alicyclic amines) is 1. The number of benzene rings is 1. The number of nitrogens with one attached hydrogen (secondary N) is 1. The van der Waals surface area contributed by atoms with Gasteiger partial charge in [-0.25, -0.2) is 0 Å². The minimum Gasteiger partial charge on any atom is -0.490 e. The van der Waals surface area contributed by atoms with Gasteiger partial charge in [0.2, 0.25) is 0 Å². The third-order valence-electron chi connectivity index (χ3n) is 5.33. The highest BCUT2D eigenvalue weighted by atomic mass is 16.5. The van der Waals surface area contributed by atoms with Crippen LogP contribution in [0.15, 0.2) is 35.3 Å². The van der Waals surface area contributed by atoms with Crippen LogP contribution in [-0.4, -0.2) is 81.4 Å². The molecule has 1 N–H and O–H groups in total. The highest BCUT2D eigenvalue weighted by molar-refractivity contribution is 5.79. The average molecular weight is 375 g/mol. The zero-order valence-electron chi connectivity index (χ0n) is 16.8. The zero-order chi connectivity index (χ0) is 18.9. The lowest BCUT2D eigenvalue weighted by molar-refractivity contribution is 0.129. The van der Waals surface area contributed by atoms with Crippen LogP contribution in [-0.2, 0) is 4.74 Å². The number of rotatable bonds is 9. The molecule has 6 nitrogen and oxygen atoms in total. The van der Waals surface area contributed by atoms with Crippen molar-refractivity contribution >= 4 is 5.96 Å². The lowest BCUT2D eigenvalue weighted by Gasteiger charge is -2.34. The Morgan fingerprint density at radius 1 is 1.15 bits per heavy atom. The van der Waals surface area contributed by atoms with Crippen LogP contribution < -0.4 is 10.1 Å². The summed E-state index contributed by atoms with van der Waals surface area (Å²) in [5, 5.41) is 3.55. The summed E-state index contributed by atoms with van der Waals surface area (Å²) in [6.07, 6.45) is 5.00. The van der Waals surface area contributed by atoms with E-state index < -0.39 is 0 Å². The van der Waals surface area contributed by atoms with Crippen LogP contribution in [0.3, 0.4) is 0 Å². The number of piperidine rings is 1. The molecule has 0 radical (unpaired) electrons. The van der Waals surface area contributed by atoms with Gasteiger partial charge < -0.3 is 19.7 Å². The molecule has 150 valence electrons. The van der Waals surface area contributed by atoms with Gasteiger partial charge in [0, 0.05) is 65.8 Å². The average Bonchev–Trinajstić information content (AvgIpc) is 3.54. The third kappa shape index (κ3) is 6.40. The second-order valence-corrected chi connectivity index (χ2v) is 7.35. The molecule has 1 saturated carbocycles. The number of nitrogens with zero attached hydrogens (tertiary/aromatic N) is 3. The molecule has 0 aromatic heterocycles. The van der Waals surface area contributed by atoms with Crippen molar-refractivity contribution in [2.45, 2.75) is 37.8 Å². The number of aliphatic imine (C=N–C) groups is 1. The maximum absolute atomic E-state index is 6.09. The summed E-state index contributed by atoms with van der Waals surface area (Å²) in [5.41, 5.74) is 0. The molecule has 3 rings (SSSR count). The molecular formula is C21H34N4O2. The van der Waals surface area contributed by atoms with E-state index in [1.807, 2.05) is 37.4 Å². The molecular weight excluding hydrogens is 340 g/mol. The van der Waals surface area contributed by atoms with Crippen LogP contribution in [0.25, 0.3) is 0 Å². The topological polar surface area (TPSA) is 49.3 Å². The van der Waals surface area contributed by atoms with Crippen molar-refractivity contribution in [3.05, 3.63) is 30.3 Å². The van der Waals surface area contributed by atoms with Crippen LogP contribution in [0.1, 0.15) is 25.7 Å². The van der Waals surface area contributed by atoms with E-state index in [1.165, 1.54) is 12.8 Å². The number of ether oxygens (including phenoxy) is 2. The normalized spacial score (nSPS) is 18.8. The largest absolute Gasteiger partial charge is 0.490 e. The van der Waals surface area contributed by atoms with Gasteiger partial charge in [0.25, 0.3) is 0 Å². The summed E-state index contributed by atoms with van der Waals surface area (Å²) in [6.45, 7) is 5.75. The summed E-state index contributed by atoms with van der Waals surface area (Å²) >= 11 is 0. The molecule has 1 heterocycles. The molecule has 1 aliphatic carbocycles. The molecule has 1 aromatic carbocycles. The Kier molecular flexibility index (Phi) is 7.78. The first-order valence-corrected chi connectivity index (χ1v) is 10.2. The van der Waals surface area contributed by atoms with Crippen LogP contribution in [0.5, 0.6) is 5.75 Å². The predicted molar refractivity (Wildman–Crippen MR) is 109 cm³/mol. The molecule has 6 heteroatoms.